The van der Waals surface area contributed by atoms with E-state index < -0.39 is 11.8 Å². The highest BCUT2D eigenvalue weighted by atomic mass is 16.4. The number of hydrogen-bond donors (Lipinski definition) is 1. The van der Waals surface area contributed by atoms with Crippen LogP contribution in [0.25, 0.3) is 0 Å². The van der Waals surface area contributed by atoms with Gasteiger partial charge in [0.25, 0.3) is 0 Å². The van der Waals surface area contributed by atoms with Crippen molar-refractivity contribution in [3.05, 3.63) is 24.5 Å². The second-order valence-electron chi connectivity index (χ2n) is 1.38. The van der Waals surface area contributed by atoms with E-state index in [-0.39, 0.29) is 0 Å². The maximum atomic E-state index is 10.3. The van der Waals surface area contributed by atoms with Crippen molar-refractivity contribution in [1.29, 1.82) is 0 Å². The zero-order chi connectivity index (χ0) is 7.98. The summed E-state index contributed by atoms with van der Waals surface area (Å²) in [4.78, 5) is 20.1. The molecule has 1 N–H and O–H groups in total. The SMILES string of the molecule is O=C(O)/C=C/C(=O)C=C[O-]. The first-order valence-corrected chi connectivity index (χ1v) is 2.40. The second kappa shape index (κ2) is 4.31. The molecule has 0 unspecified atom stereocenters. The molecule has 0 aromatic carbocycles. The molecule has 0 bridgehead atoms. The summed E-state index contributed by atoms with van der Waals surface area (Å²) in [5.41, 5.74) is 0. The molecule has 0 radical (unpaired) electrons. The van der Waals surface area contributed by atoms with E-state index in [1.807, 2.05) is 0 Å². The van der Waals surface area contributed by atoms with E-state index in [4.69, 9.17) is 5.11 Å². The number of carboxylic acid groups (broad SMARTS) is 1. The first-order valence-electron chi connectivity index (χ1n) is 2.40. The summed E-state index contributed by atoms with van der Waals surface area (Å²) in [6.45, 7) is 0. The summed E-state index contributed by atoms with van der Waals surface area (Å²) in [5, 5.41) is 17.6. The van der Waals surface area contributed by atoms with Gasteiger partial charge in [-0.2, -0.15) is 0 Å². The molecule has 4 nitrogen and oxygen atoms in total. The lowest BCUT2D eigenvalue weighted by atomic mass is 10.3. The maximum absolute atomic E-state index is 10.3. The third kappa shape index (κ3) is 4.58. The van der Waals surface area contributed by atoms with Crippen LogP contribution in [-0.2, 0) is 9.59 Å². The molecule has 0 fully saturated rings. The third-order valence-corrected chi connectivity index (χ3v) is 0.622. The molecule has 0 rings (SSSR count). The highest BCUT2D eigenvalue weighted by Crippen LogP contribution is 1.78. The predicted molar refractivity (Wildman–Crippen MR) is 30.9 cm³/mol. The fourth-order valence-electron chi connectivity index (χ4n) is 0.276. The fourth-order valence-corrected chi connectivity index (χ4v) is 0.276. The Morgan fingerprint density at radius 1 is 1.20 bits per heavy atom. The first-order chi connectivity index (χ1) is 4.66. The summed E-state index contributed by atoms with van der Waals surface area (Å²) >= 11 is 0. The third-order valence-electron chi connectivity index (χ3n) is 0.622. The van der Waals surface area contributed by atoms with Crippen LogP contribution in [-0.4, -0.2) is 16.9 Å². The highest BCUT2D eigenvalue weighted by Gasteiger charge is 1.88. The zero-order valence-electron chi connectivity index (χ0n) is 4.98. The molecule has 54 valence electrons. The molecule has 0 saturated heterocycles. The van der Waals surface area contributed by atoms with Crippen molar-refractivity contribution >= 4 is 11.8 Å². The molecule has 0 aromatic rings. The van der Waals surface area contributed by atoms with E-state index >= 15 is 0 Å². The Morgan fingerprint density at radius 2 is 1.80 bits per heavy atom. The standard InChI is InChI=1S/C6H6O4/c7-4-3-5(8)1-2-6(9)10/h1-4,7H,(H,9,10)/p-1/b2-1+,4-3?. The number of aliphatic carboxylic acids is 1. The number of carboxylic acids is 1. The molecule has 10 heavy (non-hydrogen) atoms. The number of ketones is 1. The van der Waals surface area contributed by atoms with Crippen molar-refractivity contribution in [2.45, 2.75) is 0 Å². The predicted octanol–water partition coefficient (Wildman–Crippen LogP) is -0.930. The Balaban J connectivity index is 3.90. The monoisotopic (exact) mass is 141 g/mol. The smallest absolute Gasteiger partial charge is 0.328 e. The minimum absolute atomic E-state index is 0.300. The molecule has 0 aliphatic rings. The molecule has 0 spiro atoms. The Labute approximate surface area is 57.1 Å². The van der Waals surface area contributed by atoms with Crippen molar-refractivity contribution in [3.8, 4) is 0 Å². The first kappa shape index (κ1) is 8.42. The van der Waals surface area contributed by atoms with E-state index in [1.165, 1.54) is 0 Å². The minimum Gasteiger partial charge on any atom is -0.878 e. The minimum atomic E-state index is -1.22. The topological polar surface area (TPSA) is 77.4 Å². The van der Waals surface area contributed by atoms with Crippen LogP contribution < -0.4 is 5.11 Å². The summed E-state index contributed by atoms with van der Waals surface area (Å²) in [7, 11) is 0. The van der Waals surface area contributed by atoms with Gasteiger partial charge >= 0.3 is 5.97 Å². The molecular weight excluding hydrogens is 136 g/mol. The van der Waals surface area contributed by atoms with Gasteiger partial charge in [0.15, 0.2) is 5.78 Å². The largest absolute Gasteiger partial charge is 0.878 e. The maximum Gasteiger partial charge on any atom is 0.328 e. The molecule has 4 heteroatoms. The number of rotatable bonds is 3. The number of carbonyl (C=O) groups excluding carboxylic acids is 1. The summed E-state index contributed by atoms with van der Waals surface area (Å²) in [6, 6.07) is 0. The summed E-state index contributed by atoms with van der Waals surface area (Å²) in [5.74, 6) is -1.84. The van der Waals surface area contributed by atoms with Gasteiger partial charge in [-0.3, -0.25) is 4.79 Å². The number of allylic oxidation sites excluding steroid dienone is 2. The van der Waals surface area contributed by atoms with E-state index in [0.717, 1.165) is 12.2 Å². The van der Waals surface area contributed by atoms with Crippen LogP contribution in [0.4, 0.5) is 0 Å². The Hall–Kier alpha value is -1.58. The van der Waals surface area contributed by atoms with Crippen LogP contribution in [0.2, 0.25) is 0 Å². The van der Waals surface area contributed by atoms with Crippen LogP contribution in [0.5, 0.6) is 0 Å². The highest BCUT2D eigenvalue weighted by molar-refractivity contribution is 6.02. The lowest BCUT2D eigenvalue weighted by Gasteiger charge is -1.84. The van der Waals surface area contributed by atoms with Gasteiger partial charge in [0.1, 0.15) is 0 Å². The molecule has 0 atom stereocenters. The van der Waals surface area contributed by atoms with Gasteiger partial charge in [-0.1, -0.05) is 0 Å². The van der Waals surface area contributed by atoms with Crippen molar-refractivity contribution < 1.29 is 19.8 Å². The zero-order valence-corrected chi connectivity index (χ0v) is 4.98. The Kier molecular flexibility index (Phi) is 3.63. The van der Waals surface area contributed by atoms with Crippen LogP contribution in [0.15, 0.2) is 24.5 Å². The van der Waals surface area contributed by atoms with Gasteiger partial charge in [0.2, 0.25) is 0 Å². The van der Waals surface area contributed by atoms with Crippen LogP contribution in [0.1, 0.15) is 0 Å². The van der Waals surface area contributed by atoms with Crippen molar-refractivity contribution in [2.75, 3.05) is 0 Å². The number of carbonyl (C=O) groups is 2. The molecule has 0 aliphatic carbocycles. The summed E-state index contributed by atoms with van der Waals surface area (Å²) in [6.07, 6.45) is 2.51. The van der Waals surface area contributed by atoms with Gasteiger partial charge < -0.3 is 10.2 Å². The quantitative estimate of drug-likeness (QED) is 0.407. The molecule has 0 aliphatic heterocycles. The average molecular weight is 141 g/mol. The van der Waals surface area contributed by atoms with Gasteiger partial charge in [-0.05, 0) is 12.2 Å². The Bertz CT molecular complexity index is 190. The van der Waals surface area contributed by atoms with Crippen LogP contribution in [0.3, 0.4) is 0 Å². The normalized spacial score (nSPS) is 10.8. The van der Waals surface area contributed by atoms with Crippen LogP contribution >= 0.6 is 0 Å². The van der Waals surface area contributed by atoms with Gasteiger partial charge in [0, 0.05) is 6.08 Å². The van der Waals surface area contributed by atoms with Gasteiger partial charge in [-0.15, -0.1) is 6.26 Å². The molecule has 0 amide bonds. The van der Waals surface area contributed by atoms with Gasteiger partial charge in [-0.25, -0.2) is 4.79 Å². The average Bonchev–Trinajstić information content (AvgIpc) is 1.85. The van der Waals surface area contributed by atoms with Crippen molar-refractivity contribution in [1.82, 2.24) is 0 Å². The Morgan fingerprint density at radius 3 is 2.20 bits per heavy atom. The fraction of sp³-hybridized carbons (Fsp3) is 0. The van der Waals surface area contributed by atoms with E-state index in [0.29, 0.717) is 12.3 Å². The van der Waals surface area contributed by atoms with Crippen molar-refractivity contribution in [2.24, 2.45) is 0 Å². The number of hydrogen-bond acceptors (Lipinski definition) is 3. The van der Waals surface area contributed by atoms with Crippen LogP contribution in [0, 0.1) is 0 Å². The van der Waals surface area contributed by atoms with E-state index in [1.54, 1.807) is 0 Å². The van der Waals surface area contributed by atoms with E-state index in [2.05, 4.69) is 0 Å². The van der Waals surface area contributed by atoms with Crippen molar-refractivity contribution in [3.63, 3.8) is 0 Å². The molecule has 0 saturated carbocycles. The molecular formula is C6H5O4-. The van der Waals surface area contributed by atoms with E-state index in [9.17, 15) is 14.7 Å². The summed E-state index contributed by atoms with van der Waals surface area (Å²) < 4.78 is 0. The lowest BCUT2D eigenvalue weighted by Crippen LogP contribution is -1.94. The second-order valence-corrected chi connectivity index (χ2v) is 1.38. The molecule has 0 aromatic heterocycles. The molecule has 0 heterocycles. The van der Waals surface area contributed by atoms with Gasteiger partial charge in [0.05, 0.1) is 0 Å². The lowest BCUT2D eigenvalue weighted by molar-refractivity contribution is -0.274.